The second-order valence-electron chi connectivity index (χ2n) is 6.79. The molecule has 0 bridgehead atoms. The Morgan fingerprint density at radius 2 is 1.54 bits per heavy atom. The van der Waals surface area contributed by atoms with Crippen LogP contribution >= 0.6 is 0 Å². The molecule has 0 N–H and O–H groups in total. The van der Waals surface area contributed by atoms with E-state index in [0.717, 1.165) is 16.8 Å². The summed E-state index contributed by atoms with van der Waals surface area (Å²) < 4.78 is 0. The van der Waals surface area contributed by atoms with E-state index in [4.69, 9.17) is 0 Å². The van der Waals surface area contributed by atoms with Crippen molar-refractivity contribution < 1.29 is 4.79 Å². The van der Waals surface area contributed by atoms with Crippen LogP contribution in [0.1, 0.15) is 28.2 Å². The van der Waals surface area contributed by atoms with E-state index in [1.807, 2.05) is 77.7 Å². The molecule has 1 aliphatic rings. The van der Waals surface area contributed by atoms with Crippen molar-refractivity contribution in [2.75, 3.05) is 12.1 Å². The van der Waals surface area contributed by atoms with Crippen LogP contribution in [0.15, 0.2) is 78.9 Å². The minimum absolute atomic E-state index is 0.105. The fourth-order valence-electron chi connectivity index (χ4n) is 3.72. The third-order valence-electron chi connectivity index (χ3n) is 5.07. The molecule has 1 heterocycles. The zero-order valence-corrected chi connectivity index (χ0v) is 15.1. The minimum atomic E-state index is -0.244. The summed E-state index contributed by atoms with van der Waals surface area (Å²) in [6.07, 6.45) is 0. The van der Waals surface area contributed by atoms with Crippen LogP contribution in [0, 0.1) is 6.92 Å². The van der Waals surface area contributed by atoms with Crippen LogP contribution in [0.3, 0.4) is 0 Å². The Labute approximate surface area is 154 Å². The molecule has 3 aromatic carbocycles. The molecule has 1 aliphatic heterocycles. The number of hydrogen-bond donors (Lipinski definition) is 0. The molecular formula is C23H22N2O. The highest BCUT2D eigenvalue weighted by Crippen LogP contribution is 2.41. The van der Waals surface area contributed by atoms with E-state index in [0.29, 0.717) is 6.54 Å². The van der Waals surface area contributed by atoms with Gasteiger partial charge in [0.2, 0.25) is 0 Å². The summed E-state index contributed by atoms with van der Waals surface area (Å²) in [6.45, 7) is 2.80. The molecule has 1 atom stereocenters. The Bertz CT molecular complexity index is 936. The Kier molecular flexibility index (Phi) is 4.31. The largest absolute Gasteiger partial charge is 0.272 e. The molecule has 3 heteroatoms. The zero-order valence-electron chi connectivity index (χ0n) is 15.1. The van der Waals surface area contributed by atoms with Crippen molar-refractivity contribution in [3.05, 3.63) is 101 Å². The van der Waals surface area contributed by atoms with Crippen molar-refractivity contribution in [3.8, 4) is 0 Å². The van der Waals surface area contributed by atoms with Crippen molar-refractivity contribution in [3.63, 3.8) is 0 Å². The quantitative estimate of drug-likeness (QED) is 0.696. The highest BCUT2D eigenvalue weighted by Gasteiger charge is 2.40. The lowest BCUT2D eigenvalue weighted by Crippen LogP contribution is -2.42. The highest BCUT2D eigenvalue weighted by molar-refractivity contribution is 6.06. The van der Waals surface area contributed by atoms with E-state index in [1.54, 1.807) is 0 Å². The summed E-state index contributed by atoms with van der Waals surface area (Å²) in [4.78, 5) is 13.4. The van der Waals surface area contributed by atoms with Crippen molar-refractivity contribution in [1.82, 2.24) is 5.01 Å². The van der Waals surface area contributed by atoms with E-state index < -0.39 is 0 Å². The topological polar surface area (TPSA) is 23.6 Å². The van der Waals surface area contributed by atoms with Gasteiger partial charge in [0.15, 0.2) is 0 Å². The average Bonchev–Trinajstić information content (AvgIpc) is 2.96. The van der Waals surface area contributed by atoms with Crippen molar-refractivity contribution in [1.29, 1.82) is 0 Å². The third kappa shape index (κ3) is 2.80. The Morgan fingerprint density at radius 1 is 0.885 bits per heavy atom. The Balaban J connectivity index is 1.71. The average molecular weight is 342 g/mol. The Hall–Kier alpha value is -2.91. The van der Waals surface area contributed by atoms with Crippen LogP contribution in [0.5, 0.6) is 0 Å². The summed E-state index contributed by atoms with van der Waals surface area (Å²) in [7, 11) is 1.98. The summed E-state index contributed by atoms with van der Waals surface area (Å²) in [5.74, 6) is -0.139. The molecule has 26 heavy (non-hydrogen) atoms. The molecule has 0 aromatic heterocycles. The molecule has 1 amide bonds. The number of para-hydroxylation sites is 1. The number of hydrogen-bond acceptors (Lipinski definition) is 2. The van der Waals surface area contributed by atoms with E-state index in [9.17, 15) is 4.79 Å². The molecule has 4 rings (SSSR count). The van der Waals surface area contributed by atoms with Gasteiger partial charge in [-0.15, -0.1) is 0 Å². The van der Waals surface area contributed by atoms with Gasteiger partial charge in [0.25, 0.3) is 5.91 Å². The van der Waals surface area contributed by atoms with Crippen molar-refractivity contribution >= 4 is 11.6 Å². The van der Waals surface area contributed by atoms with Gasteiger partial charge in [-0.3, -0.25) is 4.79 Å². The monoisotopic (exact) mass is 342 g/mol. The van der Waals surface area contributed by atoms with Crippen LogP contribution in [0.2, 0.25) is 0 Å². The van der Waals surface area contributed by atoms with E-state index in [-0.39, 0.29) is 11.8 Å². The van der Waals surface area contributed by atoms with Gasteiger partial charge in [0.05, 0.1) is 11.6 Å². The number of rotatable bonds is 4. The summed E-state index contributed by atoms with van der Waals surface area (Å²) in [6, 6.07) is 26.4. The highest BCUT2D eigenvalue weighted by atomic mass is 16.2. The molecule has 130 valence electrons. The number of anilines is 1. The first kappa shape index (κ1) is 16.6. The smallest absolute Gasteiger partial charge is 0.253 e. The molecule has 0 saturated carbocycles. The SMILES string of the molecule is Cc1ccccc1CN(C)N1C(=O)C(c2ccccc2)c2ccccc21. The van der Waals surface area contributed by atoms with E-state index >= 15 is 0 Å². The number of nitrogens with zero attached hydrogens (tertiary/aromatic N) is 2. The number of carbonyl (C=O) groups excluding carboxylic acids is 1. The first-order valence-electron chi connectivity index (χ1n) is 8.90. The van der Waals surface area contributed by atoms with Crippen LogP contribution in [-0.4, -0.2) is 18.0 Å². The second kappa shape index (κ2) is 6.77. The summed E-state index contributed by atoms with van der Waals surface area (Å²) >= 11 is 0. The van der Waals surface area contributed by atoms with Gasteiger partial charge < -0.3 is 0 Å². The maximum atomic E-state index is 13.4. The fraction of sp³-hybridized carbons (Fsp3) is 0.174. The lowest BCUT2D eigenvalue weighted by atomic mass is 9.93. The number of benzene rings is 3. The lowest BCUT2D eigenvalue weighted by Gasteiger charge is -2.29. The van der Waals surface area contributed by atoms with Crippen LogP contribution in [0.25, 0.3) is 0 Å². The molecule has 0 spiro atoms. The molecule has 0 aliphatic carbocycles. The van der Waals surface area contributed by atoms with Crippen LogP contribution in [-0.2, 0) is 11.3 Å². The number of fused-ring (bicyclic) bond motifs is 1. The van der Waals surface area contributed by atoms with Crippen LogP contribution < -0.4 is 5.01 Å². The molecule has 0 saturated heterocycles. The van der Waals surface area contributed by atoms with Gasteiger partial charge in [-0.25, -0.2) is 10.0 Å². The van der Waals surface area contributed by atoms with Gasteiger partial charge in [0, 0.05) is 13.6 Å². The first-order chi connectivity index (χ1) is 12.7. The van der Waals surface area contributed by atoms with Crippen molar-refractivity contribution in [2.24, 2.45) is 0 Å². The number of aryl methyl sites for hydroxylation is 1. The van der Waals surface area contributed by atoms with Gasteiger partial charge >= 0.3 is 0 Å². The van der Waals surface area contributed by atoms with E-state index in [2.05, 4.69) is 25.1 Å². The summed E-state index contributed by atoms with van der Waals surface area (Å²) in [5.41, 5.74) is 5.54. The maximum absolute atomic E-state index is 13.4. The molecular weight excluding hydrogens is 320 g/mol. The molecule has 0 fully saturated rings. The number of hydrazine groups is 1. The second-order valence-corrected chi connectivity index (χ2v) is 6.79. The maximum Gasteiger partial charge on any atom is 0.253 e. The molecule has 0 radical (unpaired) electrons. The van der Waals surface area contributed by atoms with Gasteiger partial charge in [0.1, 0.15) is 0 Å². The van der Waals surface area contributed by atoms with E-state index in [1.165, 1.54) is 11.1 Å². The van der Waals surface area contributed by atoms with Crippen molar-refractivity contribution in [2.45, 2.75) is 19.4 Å². The summed E-state index contributed by atoms with van der Waals surface area (Å²) in [5, 5.41) is 3.85. The fourth-order valence-corrected chi connectivity index (χ4v) is 3.72. The Morgan fingerprint density at radius 3 is 2.31 bits per heavy atom. The standard InChI is InChI=1S/C23H22N2O/c1-17-10-6-7-13-19(17)16-24(2)25-21-15-9-8-14-20(21)22(23(25)26)18-11-4-3-5-12-18/h3-15,22H,16H2,1-2H3. The third-order valence-corrected chi connectivity index (χ3v) is 5.07. The van der Waals surface area contributed by atoms with Crippen LogP contribution in [0.4, 0.5) is 5.69 Å². The normalized spacial score (nSPS) is 16.2. The lowest BCUT2D eigenvalue weighted by molar-refractivity contribution is -0.121. The minimum Gasteiger partial charge on any atom is -0.272 e. The molecule has 1 unspecified atom stereocenters. The predicted octanol–water partition coefficient (Wildman–Crippen LogP) is 4.52. The zero-order chi connectivity index (χ0) is 18.1. The molecule has 3 aromatic rings. The predicted molar refractivity (Wildman–Crippen MR) is 105 cm³/mol. The first-order valence-corrected chi connectivity index (χ1v) is 8.90. The number of carbonyl (C=O) groups is 1. The van der Waals surface area contributed by atoms with Gasteiger partial charge in [-0.2, -0.15) is 0 Å². The van der Waals surface area contributed by atoms with Gasteiger partial charge in [-0.05, 0) is 35.2 Å². The van der Waals surface area contributed by atoms with Gasteiger partial charge in [-0.1, -0.05) is 72.8 Å². The molecule has 3 nitrogen and oxygen atoms in total. The number of amides is 1.